The maximum atomic E-state index is 11.9. The predicted octanol–water partition coefficient (Wildman–Crippen LogP) is 2.01. The number of hydrogen-bond donors (Lipinski definition) is 2. The number of nitrogens with one attached hydrogen (secondary N) is 1. The van der Waals surface area contributed by atoms with Gasteiger partial charge in [0.15, 0.2) is 1.41 Å². The Balaban J connectivity index is 4.10. The first-order chi connectivity index (χ1) is 11.5. The maximum Gasteiger partial charge on any atom is 0.220 e. The fourth-order valence-electron chi connectivity index (χ4n) is 2.03. The van der Waals surface area contributed by atoms with Gasteiger partial charge in [-0.3, -0.25) is 9.59 Å². The Morgan fingerprint density at radius 2 is 1.87 bits per heavy atom. The van der Waals surface area contributed by atoms with Crippen LogP contribution in [-0.4, -0.2) is 44.3 Å². The number of ether oxygens (including phenoxy) is 2. The molecule has 6 nitrogen and oxygen atoms in total. The second kappa shape index (κ2) is 14.5. The first-order valence-corrected chi connectivity index (χ1v) is 8.70. The molecule has 0 saturated carbocycles. The number of unbranched alkanes of at least 4 members (excludes halogenated alkanes) is 2. The second-order valence-corrected chi connectivity index (χ2v) is 6.02. The van der Waals surface area contributed by atoms with E-state index in [0.29, 0.717) is 26.4 Å². The smallest absolute Gasteiger partial charge is 0.220 e. The van der Waals surface area contributed by atoms with Crippen LogP contribution in [0.1, 0.15) is 59.3 Å². The fourth-order valence-corrected chi connectivity index (χ4v) is 2.03. The molecule has 0 bridgehead atoms. The van der Waals surface area contributed by atoms with Crippen LogP contribution in [-0.2, 0) is 19.1 Å². The second-order valence-electron chi connectivity index (χ2n) is 6.02. The van der Waals surface area contributed by atoms with Crippen LogP contribution in [0.5, 0.6) is 0 Å². The van der Waals surface area contributed by atoms with Crippen molar-refractivity contribution in [3.05, 3.63) is 0 Å². The first-order valence-electron chi connectivity index (χ1n) is 9.20. The molecule has 0 rings (SSSR count). The number of carbonyl (C=O) groups is 2. The molecule has 0 fully saturated rings. The lowest BCUT2D eigenvalue weighted by molar-refractivity contribution is -0.123. The predicted molar refractivity (Wildman–Crippen MR) is 91.0 cm³/mol. The standard InChI is InChI=1S/C17H34N2O4/c1-4-6-8-22-13-15(23-9-7-5-2)12-19-17(21)11-14(3)10-16(18)20/h14-15H,4-13H2,1-3H3,(H2,18,20)(H,19,21)/t14-,15?/m0/s1/i/hT. The summed E-state index contributed by atoms with van der Waals surface area (Å²) in [6, 6.07) is 0. The molecule has 0 spiro atoms. The summed E-state index contributed by atoms with van der Waals surface area (Å²) in [5, 5.41) is 2.85. The van der Waals surface area contributed by atoms with Gasteiger partial charge in [0.2, 0.25) is 11.8 Å². The van der Waals surface area contributed by atoms with Gasteiger partial charge in [-0.05, 0) is 18.8 Å². The van der Waals surface area contributed by atoms with Gasteiger partial charge in [0.05, 0.1) is 12.7 Å². The third-order valence-corrected chi connectivity index (χ3v) is 3.39. The Morgan fingerprint density at radius 1 is 1.17 bits per heavy atom. The highest BCUT2D eigenvalue weighted by atomic mass is 16.5. The first kappa shape index (κ1) is 19.9. The van der Waals surface area contributed by atoms with Crippen molar-refractivity contribution < 1.29 is 20.5 Å². The molecule has 0 aliphatic heterocycles. The quantitative estimate of drug-likeness (QED) is 0.449. The lowest BCUT2D eigenvalue weighted by Gasteiger charge is -2.19. The topological polar surface area (TPSA) is 90.7 Å². The molecule has 0 aliphatic carbocycles. The van der Waals surface area contributed by atoms with Crippen LogP contribution in [0.4, 0.5) is 0 Å². The Morgan fingerprint density at radius 3 is 2.52 bits per heavy atom. The summed E-state index contributed by atoms with van der Waals surface area (Å²) in [5.74, 6) is -0.589. The van der Waals surface area contributed by atoms with Crippen LogP contribution in [0.15, 0.2) is 0 Å². The number of amides is 2. The molecule has 0 aromatic heterocycles. The van der Waals surface area contributed by atoms with Crippen molar-refractivity contribution in [3.8, 4) is 0 Å². The maximum absolute atomic E-state index is 11.9. The summed E-state index contributed by atoms with van der Waals surface area (Å²) >= 11 is 0. The normalized spacial score (nSPS) is 14.0. The molecule has 3 N–H and O–H groups in total. The van der Waals surface area contributed by atoms with Gasteiger partial charge in [0.25, 0.3) is 0 Å². The zero-order valence-corrected chi connectivity index (χ0v) is 14.9. The Labute approximate surface area is 141 Å². The van der Waals surface area contributed by atoms with Gasteiger partial charge in [-0.15, -0.1) is 0 Å². The van der Waals surface area contributed by atoms with Gasteiger partial charge < -0.3 is 20.5 Å². The van der Waals surface area contributed by atoms with Crippen LogP contribution in [0, 0.1) is 5.92 Å². The molecule has 6 heteroatoms. The monoisotopic (exact) mass is 332 g/mol. The minimum atomic E-state index is -0.375. The summed E-state index contributed by atoms with van der Waals surface area (Å²) in [6.07, 6.45) is 4.43. The van der Waals surface area contributed by atoms with Gasteiger partial charge >= 0.3 is 0 Å². The van der Waals surface area contributed by atoms with Crippen molar-refractivity contribution in [2.45, 2.75) is 65.4 Å². The fraction of sp³-hybridized carbons (Fsp3) is 0.882. The van der Waals surface area contributed by atoms with E-state index >= 15 is 0 Å². The van der Waals surface area contributed by atoms with Gasteiger partial charge in [0.1, 0.15) is 0 Å². The molecule has 1 unspecified atom stereocenters. The SMILES string of the molecule is [3H]NC(=O)C[C@H](C)CC(=O)NCC(COCCCC)OCCCC. The van der Waals surface area contributed by atoms with Crippen molar-refractivity contribution >= 4 is 11.8 Å². The van der Waals surface area contributed by atoms with Crippen LogP contribution < -0.4 is 11.0 Å². The summed E-state index contributed by atoms with van der Waals surface area (Å²) in [4.78, 5) is 23.1. The minimum absolute atomic E-state index is 0.101. The molecule has 2 amide bonds. The molecule has 0 aromatic rings. The van der Waals surface area contributed by atoms with E-state index < -0.39 is 0 Å². The third-order valence-electron chi connectivity index (χ3n) is 3.39. The van der Waals surface area contributed by atoms with E-state index in [4.69, 9.17) is 10.9 Å². The third kappa shape index (κ3) is 14.2. The van der Waals surface area contributed by atoms with Gasteiger partial charge in [-0.2, -0.15) is 0 Å². The van der Waals surface area contributed by atoms with E-state index in [2.05, 4.69) is 19.2 Å². The Hall–Kier alpha value is -1.14. The molecule has 2 atom stereocenters. The van der Waals surface area contributed by atoms with Crippen LogP contribution in [0.3, 0.4) is 0 Å². The summed E-state index contributed by atoms with van der Waals surface area (Å²) < 4.78 is 18.1. The zero-order chi connectivity index (χ0) is 18.2. The average molecular weight is 332 g/mol. The molecule has 0 aromatic carbocycles. The molecule has 0 saturated heterocycles. The van der Waals surface area contributed by atoms with E-state index in [1.807, 2.05) is 12.7 Å². The van der Waals surface area contributed by atoms with Gasteiger partial charge in [0, 0.05) is 32.6 Å². The van der Waals surface area contributed by atoms with Gasteiger partial charge in [-0.25, -0.2) is 0 Å². The van der Waals surface area contributed by atoms with Crippen LogP contribution in [0.2, 0.25) is 1.41 Å². The molecule has 0 radical (unpaired) electrons. The van der Waals surface area contributed by atoms with E-state index in [-0.39, 0.29) is 36.7 Å². The molecular formula is C17H34N2O4. The summed E-state index contributed by atoms with van der Waals surface area (Å²) in [6.45, 7) is 8.28. The number of hydrogen-bond acceptors (Lipinski definition) is 4. The highest BCUT2D eigenvalue weighted by Crippen LogP contribution is 2.06. The minimum Gasteiger partial charge on any atom is -0.379 e. The summed E-state index contributed by atoms with van der Waals surface area (Å²) in [7, 11) is 0. The van der Waals surface area contributed by atoms with Crippen molar-refractivity contribution in [3.63, 3.8) is 0 Å². The van der Waals surface area contributed by atoms with Crippen molar-refractivity contribution in [1.29, 1.82) is 0 Å². The van der Waals surface area contributed by atoms with E-state index in [1.165, 1.54) is 0 Å². The highest BCUT2D eigenvalue weighted by molar-refractivity contribution is 5.78. The number of primary amides is 1. The van der Waals surface area contributed by atoms with Crippen LogP contribution >= 0.6 is 0 Å². The lowest BCUT2D eigenvalue weighted by atomic mass is 10.0. The van der Waals surface area contributed by atoms with Crippen molar-refractivity contribution in [1.82, 2.24) is 5.32 Å². The Kier molecular flexibility index (Phi) is 12.5. The molecule has 23 heavy (non-hydrogen) atoms. The van der Waals surface area contributed by atoms with E-state index in [1.54, 1.807) is 0 Å². The lowest BCUT2D eigenvalue weighted by Crippen LogP contribution is -2.37. The number of rotatable bonds is 15. The molecule has 136 valence electrons. The van der Waals surface area contributed by atoms with Crippen molar-refractivity contribution in [2.75, 3.05) is 26.4 Å². The van der Waals surface area contributed by atoms with Gasteiger partial charge in [-0.1, -0.05) is 33.6 Å². The van der Waals surface area contributed by atoms with E-state index in [9.17, 15) is 9.59 Å². The number of nitrogens with two attached hydrogens (primary N) is 1. The van der Waals surface area contributed by atoms with Crippen molar-refractivity contribution in [2.24, 2.45) is 11.6 Å². The average Bonchev–Trinajstić information content (AvgIpc) is 2.55. The Bertz CT molecular complexity index is 343. The number of carbonyl (C=O) groups excluding carboxylic acids is 2. The zero-order valence-electron chi connectivity index (χ0n) is 15.9. The highest BCUT2D eigenvalue weighted by Gasteiger charge is 2.14. The molecule has 0 aliphatic rings. The molecular weight excluding hydrogens is 296 g/mol. The van der Waals surface area contributed by atoms with E-state index in [0.717, 1.165) is 25.7 Å². The molecule has 0 heterocycles. The largest absolute Gasteiger partial charge is 0.379 e. The summed E-state index contributed by atoms with van der Waals surface area (Å²) in [5.41, 5.74) is 1.82. The van der Waals surface area contributed by atoms with Crippen LogP contribution in [0.25, 0.3) is 0 Å².